The highest BCUT2D eigenvalue weighted by Crippen LogP contribution is 2.32. The molecule has 172 valence electrons. The standard InChI is InChI=1S/C26H27ClFN3O2/c1-2-33-24-15-18(3-9-23(24)19-4-7-21(28)8-5-19)17-31-13-11-22(12-14-31)30-26(32)20-6-10-25(27)29-16-20/h3-10,15-16,22H,2,11-14,17H2,1H3,(H,30,32). The van der Waals surface area contributed by atoms with Gasteiger partial charge in [-0.1, -0.05) is 35.9 Å². The third-order valence-electron chi connectivity index (χ3n) is 5.82. The number of hydrogen-bond acceptors (Lipinski definition) is 4. The van der Waals surface area contributed by atoms with Crippen molar-refractivity contribution in [2.24, 2.45) is 0 Å². The molecule has 0 atom stereocenters. The maximum Gasteiger partial charge on any atom is 0.253 e. The summed E-state index contributed by atoms with van der Waals surface area (Å²) in [6.07, 6.45) is 3.27. The minimum absolute atomic E-state index is 0.115. The van der Waals surface area contributed by atoms with Gasteiger partial charge >= 0.3 is 0 Å². The first-order valence-electron chi connectivity index (χ1n) is 11.2. The first-order chi connectivity index (χ1) is 16.0. The molecule has 2 aromatic carbocycles. The van der Waals surface area contributed by atoms with E-state index in [4.69, 9.17) is 16.3 Å². The topological polar surface area (TPSA) is 54.5 Å². The average molecular weight is 468 g/mol. The average Bonchev–Trinajstić information content (AvgIpc) is 2.82. The van der Waals surface area contributed by atoms with Gasteiger partial charge in [0.25, 0.3) is 5.91 Å². The zero-order valence-electron chi connectivity index (χ0n) is 18.6. The molecule has 2 heterocycles. The number of piperidine rings is 1. The van der Waals surface area contributed by atoms with Crippen LogP contribution in [0.25, 0.3) is 11.1 Å². The van der Waals surface area contributed by atoms with Crippen LogP contribution < -0.4 is 10.1 Å². The monoisotopic (exact) mass is 467 g/mol. The van der Waals surface area contributed by atoms with Crippen molar-refractivity contribution in [1.82, 2.24) is 15.2 Å². The van der Waals surface area contributed by atoms with Crippen LogP contribution in [0.2, 0.25) is 5.15 Å². The SMILES string of the molecule is CCOc1cc(CN2CCC(NC(=O)c3ccc(Cl)nc3)CC2)ccc1-c1ccc(F)cc1. The molecular weight excluding hydrogens is 441 g/mol. The van der Waals surface area contributed by atoms with E-state index in [-0.39, 0.29) is 17.8 Å². The second kappa shape index (κ2) is 10.8. The molecule has 0 saturated carbocycles. The van der Waals surface area contributed by atoms with E-state index in [1.165, 1.54) is 23.9 Å². The summed E-state index contributed by atoms with van der Waals surface area (Å²) >= 11 is 5.79. The largest absolute Gasteiger partial charge is 0.493 e. The summed E-state index contributed by atoms with van der Waals surface area (Å²) < 4.78 is 19.2. The van der Waals surface area contributed by atoms with Gasteiger partial charge in [0.2, 0.25) is 0 Å². The summed E-state index contributed by atoms with van der Waals surface area (Å²) in [5.41, 5.74) is 3.57. The molecule has 0 aliphatic carbocycles. The smallest absolute Gasteiger partial charge is 0.253 e. The molecular formula is C26H27ClFN3O2. The van der Waals surface area contributed by atoms with Crippen molar-refractivity contribution >= 4 is 17.5 Å². The van der Waals surface area contributed by atoms with Crippen LogP contribution in [0.15, 0.2) is 60.8 Å². The van der Waals surface area contributed by atoms with Crippen LogP contribution >= 0.6 is 11.6 Å². The molecule has 33 heavy (non-hydrogen) atoms. The highest BCUT2D eigenvalue weighted by atomic mass is 35.5. The molecule has 1 fully saturated rings. The molecule has 1 aliphatic rings. The summed E-state index contributed by atoms with van der Waals surface area (Å²) in [6.45, 7) is 5.12. The van der Waals surface area contributed by atoms with Gasteiger partial charge in [0.15, 0.2) is 0 Å². The fourth-order valence-corrected chi connectivity index (χ4v) is 4.19. The number of nitrogens with one attached hydrogen (secondary N) is 1. The summed E-state index contributed by atoms with van der Waals surface area (Å²) in [5.74, 6) is 0.438. The van der Waals surface area contributed by atoms with Crippen molar-refractivity contribution in [2.45, 2.75) is 32.4 Å². The molecule has 0 bridgehead atoms. The maximum absolute atomic E-state index is 13.3. The van der Waals surface area contributed by atoms with E-state index < -0.39 is 0 Å². The Morgan fingerprint density at radius 2 is 1.91 bits per heavy atom. The maximum atomic E-state index is 13.3. The fraction of sp³-hybridized carbons (Fsp3) is 0.308. The van der Waals surface area contributed by atoms with Gasteiger partial charge in [-0.25, -0.2) is 9.37 Å². The van der Waals surface area contributed by atoms with Crippen LogP contribution in [0.5, 0.6) is 5.75 Å². The lowest BCUT2D eigenvalue weighted by Gasteiger charge is -2.32. The van der Waals surface area contributed by atoms with Crippen LogP contribution in [0.4, 0.5) is 4.39 Å². The van der Waals surface area contributed by atoms with Crippen LogP contribution in [0.1, 0.15) is 35.7 Å². The number of benzene rings is 2. The van der Waals surface area contributed by atoms with E-state index >= 15 is 0 Å². The van der Waals surface area contributed by atoms with Crippen molar-refractivity contribution in [3.8, 4) is 16.9 Å². The van der Waals surface area contributed by atoms with E-state index in [9.17, 15) is 9.18 Å². The Morgan fingerprint density at radius 3 is 2.58 bits per heavy atom. The van der Waals surface area contributed by atoms with Gasteiger partial charge in [-0.05, 0) is 61.2 Å². The summed E-state index contributed by atoms with van der Waals surface area (Å²) in [5, 5.41) is 3.47. The third kappa shape index (κ3) is 6.09. The normalized spacial score (nSPS) is 14.8. The molecule has 3 aromatic rings. The van der Waals surface area contributed by atoms with E-state index in [0.717, 1.165) is 49.4 Å². The van der Waals surface area contributed by atoms with E-state index in [2.05, 4.69) is 27.3 Å². The first-order valence-corrected chi connectivity index (χ1v) is 11.6. The Kier molecular flexibility index (Phi) is 7.57. The lowest BCUT2D eigenvalue weighted by atomic mass is 10.0. The van der Waals surface area contributed by atoms with E-state index in [1.807, 2.05) is 13.0 Å². The number of aromatic nitrogens is 1. The van der Waals surface area contributed by atoms with Crippen molar-refractivity contribution < 1.29 is 13.9 Å². The molecule has 0 spiro atoms. The van der Waals surface area contributed by atoms with Crippen molar-refractivity contribution in [1.29, 1.82) is 0 Å². The Morgan fingerprint density at radius 1 is 1.15 bits per heavy atom. The van der Waals surface area contributed by atoms with Gasteiger partial charge in [-0.3, -0.25) is 9.69 Å². The highest BCUT2D eigenvalue weighted by Gasteiger charge is 2.22. The quantitative estimate of drug-likeness (QED) is 0.477. The number of ether oxygens (including phenoxy) is 1. The number of pyridine rings is 1. The summed E-state index contributed by atoms with van der Waals surface area (Å²) in [4.78, 5) is 18.8. The van der Waals surface area contributed by atoms with Gasteiger partial charge in [-0.2, -0.15) is 0 Å². The Hall–Kier alpha value is -2.96. The second-order valence-electron chi connectivity index (χ2n) is 8.16. The molecule has 1 aromatic heterocycles. The molecule has 5 nitrogen and oxygen atoms in total. The predicted octanol–water partition coefficient (Wildman–Crippen LogP) is 5.33. The number of carbonyl (C=O) groups excluding carboxylic acids is 1. The molecule has 0 unspecified atom stereocenters. The minimum Gasteiger partial charge on any atom is -0.493 e. The highest BCUT2D eigenvalue weighted by molar-refractivity contribution is 6.29. The molecule has 1 saturated heterocycles. The number of amides is 1. The molecule has 1 amide bonds. The second-order valence-corrected chi connectivity index (χ2v) is 8.55. The Labute approximate surface area is 198 Å². The van der Waals surface area contributed by atoms with Crippen molar-refractivity contribution in [3.05, 3.63) is 82.9 Å². The summed E-state index contributed by atoms with van der Waals surface area (Å²) in [6, 6.07) is 16.1. The van der Waals surface area contributed by atoms with Crippen LogP contribution in [-0.2, 0) is 6.54 Å². The number of rotatable bonds is 7. The molecule has 1 aliphatic heterocycles. The molecule has 7 heteroatoms. The minimum atomic E-state index is -0.252. The number of nitrogens with zero attached hydrogens (tertiary/aromatic N) is 2. The third-order valence-corrected chi connectivity index (χ3v) is 6.04. The predicted molar refractivity (Wildman–Crippen MR) is 128 cm³/mol. The van der Waals surface area contributed by atoms with Gasteiger partial charge in [0, 0.05) is 37.4 Å². The number of halogens is 2. The molecule has 0 radical (unpaired) electrons. The molecule has 1 N–H and O–H groups in total. The van der Waals surface area contributed by atoms with E-state index in [1.54, 1.807) is 24.3 Å². The van der Waals surface area contributed by atoms with Crippen LogP contribution in [0, 0.1) is 5.82 Å². The van der Waals surface area contributed by atoms with Crippen molar-refractivity contribution in [3.63, 3.8) is 0 Å². The first kappa shape index (κ1) is 23.2. The summed E-state index contributed by atoms with van der Waals surface area (Å²) in [7, 11) is 0. The Balaban J connectivity index is 1.35. The van der Waals surface area contributed by atoms with Gasteiger partial charge < -0.3 is 10.1 Å². The number of carbonyl (C=O) groups is 1. The number of hydrogen-bond donors (Lipinski definition) is 1. The lowest BCUT2D eigenvalue weighted by Crippen LogP contribution is -2.44. The van der Waals surface area contributed by atoms with Crippen molar-refractivity contribution in [2.75, 3.05) is 19.7 Å². The zero-order valence-corrected chi connectivity index (χ0v) is 19.3. The molecule has 4 rings (SSSR count). The number of likely N-dealkylation sites (tertiary alicyclic amines) is 1. The van der Waals surface area contributed by atoms with Gasteiger partial charge in [0.1, 0.15) is 16.7 Å². The fourth-order valence-electron chi connectivity index (χ4n) is 4.08. The van der Waals surface area contributed by atoms with Crippen LogP contribution in [-0.4, -0.2) is 41.5 Å². The zero-order chi connectivity index (χ0) is 23.2. The van der Waals surface area contributed by atoms with Gasteiger partial charge in [-0.15, -0.1) is 0 Å². The van der Waals surface area contributed by atoms with Gasteiger partial charge in [0.05, 0.1) is 12.2 Å². The van der Waals surface area contributed by atoms with E-state index in [0.29, 0.717) is 17.3 Å². The van der Waals surface area contributed by atoms with Crippen LogP contribution in [0.3, 0.4) is 0 Å². The Bertz CT molecular complexity index is 1080. The lowest BCUT2D eigenvalue weighted by molar-refractivity contribution is 0.0908.